The Morgan fingerprint density at radius 3 is 2.69 bits per heavy atom. The van der Waals surface area contributed by atoms with Crippen molar-refractivity contribution < 1.29 is 24.2 Å². The largest absolute Gasteiger partial charge is 0.493 e. The van der Waals surface area contributed by atoms with Gasteiger partial charge in [-0.05, 0) is 25.0 Å². The molecule has 3 rings (SSSR count). The number of aromatic nitrogens is 1. The average molecular weight is 377 g/mol. The minimum atomic E-state index is -1.09. The molecule has 9 heteroatoms. The van der Waals surface area contributed by atoms with Crippen molar-refractivity contribution in [1.29, 1.82) is 0 Å². The van der Waals surface area contributed by atoms with E-state index >= 15 is 0 Å². The first-order chi connectivity index (χ1) is 12.6. The predicted molar refractivity (Wildman–Crippen MR) is 96.6 cm³/mol. The van der Waals surface area contributed by atoms with Crippen LogP contribution < -0.4 is 14.4 Å². The molecular formula is C17H19N3O5S. The quantitative estimate of drug-likeness (QED) is 0.861. The summed E-state index contributed by atoms with van der Waals surface area (Å²) >= 11 is 1.30. The van der Waals surface area contributed by atoms with Crippen LogP contribution in [0, 0.1) is 0 Å². The zero-order valence-electron chi connectivity index (χ0n) is 14.4. The lowest BCUT2D eigenvalue weighted by Crippen LogP contribution is -2.46. The van der Waals surface area contributed by atoms with E-state index < -0.39 is 12.1 Å². The van der Waals surface area contributed by atoms with Gasteiger partial charge in [-0.15, -0.1) is 11.3 Å². The van der Waals surface area contributed by atoms with Crippen LogP contribution in [0.3, 0.4) is 0 Å². The molecule has 1 saturated heterocycles. The second-order valence-corrected chi connectivity index (χ2v) is 6.53. The number of carboxylic acid groups (broad SMARTS) is 1. The van der Waals surface area contributed by atoms with Gasteiger partial charge in [-0.2, -0.15) is 0 Å². The summed E-state index contributed by atoms with van der Waals surface area (Å²) in [5.41, 5.74) is 0.542. The molecule has 1 aliphatic rings. The molecule has 2 heterocycles. The summed E-state index contributed by atoms with van der Waals surface area (Å²) in [5, 5.41) is 11.6. The average Bonchev–Trinajstić information content (AvgIpc) is 3.33. The van der Waals surface area contributed by atoms with Crippen LogP contribution in [-0.2, 0) is 4.79 Å². The lowest BCUT2D eigenvalue weighted by atomic mass is 10.1. The molecule has 1 fully saturated rings. The number of thiazole rings is 1. The molecule has 2 aromatic rings. The van der Waals surface area contributed by atoms with Crippen LogP contribution in [0.2, 0.25) is 0 Å². The molecule has 0 unspecified atom stereocenters. The topological polar surface area (TPSA) is 92.2 Å². The number of amides is 2. The van der Waals surface area contributed by atoms with Crippen LogP contribution in [0.1, 0.15) is 12.8 Å². The number of carbonyl (C=O) groups excluding carboxylic acids is 1. The van der Waals surface area contributed by atoms with E-state index in [0.717, 1.165) is 0 Å². The van der Waals surface area contributed by atoms with Gasteiger partial charge in [0.05, 0.1) is 19.9 Å². The molecular weight excluding hydrogens is 358 g/mol. The maximum absolute atomic E-state index is 13.2. The van der Waals surface area contributed by atoms with E-state index in [0.29, 0.717) is 41.7 Å². The van der Waals surface area contributed by atoms with E-state index in [-0.39, 0.29) is 5.91 Å². The van der Waals surface area contributed by atoms with Gasteiger partial charge in [-0.25, -0.2) is 9.78 Å². The smallest absolute Gasteiger partial charge is 0.407 e. The molecule has 0 saturated carbocycles. The van der Waals surface area contributed by atoms with Crippen molar-refractivity contribution in [2.24, 2.45) is 0 Å². The highest BCUT2D eigenvalue weighted by Crippen LogP contribution is 2.36. The number of nitrogens with zero attached hydrogens (tertiary/aromatic N) is 3. The van der Waals surface area contributed by atoms with Gasteiger partial charge < -0.3 is 14.6 Å². The highest BCUT2D eigenvalue weighted by atomic mass is 32.1. The summed E-state index contributed by atoms with van der Waals surface area (Å²) in [6.07, 6.45) is 1.65. The molecule has 0 radical (unpaired) electrons. The number of anilines is 2. The molecule has 138 valence electrons. The zero-order valence-corrected chi connectivity index (χ0v) is 15.2. The van der Waals surface area contributed by atoms with Gasteiger partial charge in [0.2, 0.25) is 0 Å². The second kappa shape index (κ2) is 7.61. The normalized spacial score (nSPS) is 16.4. The first-order valence-electron chi connectivity index (χ1n) is 8.02. The van der Waals surface area contributed by atoms with Crippen molar-refractivity contribution >= 4 is 34.2 Å². The lowest BCUT2D eigenvalue weighted by molar-refractivity contribution is -0.121. The number of rotatable bonds is 5. The molecule has 1 aromatic heterocycles. The van der Waals surface area contributed by atoms with Crippen molar-refractivity contribution in [3.05, 3.63) is 29.8 Å². The summed E-state index contributed by atoms with van der Waals surface area (Å²) in [7, 11) is 3.05. The van der Waals surface area contributed by atoms with E-state index in [1.807, 2.05) is 0 Å². The highest BCUT2D eigenvalue weighted by Gasteiger charge is 2.38. The van der Waals surface area contributed by atoms with Crippen LogP contribution in [-0.4, -0.2) is 53.8 Å². The maximum atomic E-state index is 13.2. The fraction of sp³-hybridized carbons (Fsp3) is 0.353. The molecule has 0 aliphatic carbocycles. The van der Waals surface area contributed by atoms with Gasteiger partial charge in [-0.1, -0.05) is 0 Å². The summed E-state index contributed by atoms with van der Waals surface area (Å²) in [4.78, 5) is 31.5. The standard InChI is InChI=1S/C17H19N3O5S/c1-24-13-6-5-11(10-14(13)25-2)20(16-18-7-9-26-16)15(21)12-4-3-8-19(12)17(22)23/h5-7,9-10,12H,3-4,8H2,1-2H3,(H,22,23)/t12-/m0/s1. The number of hydrogen-bond acceptors (Lipinski definition) is 6. The fourth-order valence-corrected chi connectivity index (χ4v) is 3.69. The third-order valence-electron chi connectivity index (χ3n) is 4.24. The number of methoxy groups -OCH3 is 2. The minimum absolute atomic E-state index is 0.327. The van der Waals surface area contributed by atoms with Crippen molar-refractivity contribution in [2.45, 2.75) is 18.9 Å². The Bertz CT molecular complexity index is 796. The van der Waals surface area contributed by atoms with Crippen molar-refractivity contribution in [3.8, 4) is 11.5 Å². The van der Waals surface area contributed by atoms with Crippen LogP contribution in [0.15, 0.2) is 29.8 Å². The molecule has 1 atom stereocenters. The second-order valence-electron chi connectivity index (χ2n) is 5.66. The van der Waals surface area contributed by atoms with Crippen molar-refractivity contribution in [3.63, 3.8) is 0 Å². The Hall–Kier alpha value is -2.81. The zero-order chi connectivity index (χ0) is 18.7. The Balaban J connectivity index is 2.02. The summed E-state index contributed by atoms with van der Waals surface area (Å²) in [6, 6.07) is 4.37. The first-order valence-corrected chi connectivity index (χ1v) is 8.90. The highest BCUT2D eigenvalue weighted by molar-refractivity contribution is 7.13. The fourth-order valence-electron chi connectivity index (χ4n) is 3.02. The molecule has 26 heavy (non-hydrogen) atoms. The SMILES string of the molecule is COc1ccc(N(C(=O)[C@@H]2CCCN2C(=O)O)c2nccs2)cc1OC. The summed E-state index contributed by atoms with van der Waals surface area (Å²) in [6.45, 7) is 0.351. The van der Waals surface area contributed by atoms with Crippen LogP contribution in [0.5, 0.6) is 11.5 Å². The third kappa shape index (κ3) is 3.30. The van der Waals surface area contributed by atoms with Gasteiger partial charge in [0, 0.05) is 24.2 Å². The van der Waals surface area contributed by atoms with E-state index in [1.165, 1.54) is 35.4 Å². The lowest BCUT2D eigenvalue weighted by Gasteiger charge is -2.27. The molecule has 0 bridgehead atoms. The summed E-state index contributed by atoms with van der Waals surface area (Å²) in [5.74, 6) is 0.684. The van der Waals surface area contributed by atoms with Gasteiger partial charge in [0.25, 0.3) is 5.91 Å². The molecule has 1 N–H and O–H groups in total. The first kappa shape index (κ1) is 18.0. The van der Waals surface area contributed by atoms with Crippen LogP contribution >= 0.6 is 11.3 Å². The maximum Gasteiger partial charge on any atom is 0.407 e. The molecule has 1 aromatic carbocycles. The van der Waals surface area contributed by atoms with E-state index in [2.05, 4.69) is 4.98 Å². The van der Waals surface area contributed by atoms with E-state index in [9.17, 15) is 14.7 Å². The minimum Gasteiger partial charge on any atom is -0.493 e. The number of likely N-dealkylation sites (tertiary alicyclic amines) is 1. The Morgan fingerprint density at radius 1 is 1.31 bits per heavy atom. The van der Waals surface area contributed by atoms with Crippen molar-refractivity contribution in [2.75, 3.05) is 25.7 Å². The number of carbonyl (C=O) groups is 2. The monoisotopic (exact) mass is 377 g/mol. The van der Waals surface area contributed by atoms with Gasteiger partial charge in [0.1, 0.15) is 6.04 Å². The van der Waals surface area contributed by atoms with Gasteiger partial charge >= 0.3 is 6.09 Å². The molecule has 8 nitrogen and oxygen atoms in total. The number of benzene rings is 1. The Kier molecular flexibility index (Phi) is 5.27. The molecule has 0 spiro atoms. The predicted octanol–water partition coefficient (Wildman–Crippen LogP) is 2.97. The van der Waals surface area contributed by atoms with E-state index in [4.69, 9.17) is 9.47 Å². The third-order valence-corrected chi connectivity index (χ3v) is 5.00. The molecule has 1 aliphatic heterocycles. The Labute approximate surface area is 154 Å². The molecule has 2 amide bonds. The van der Waals surface area contributed by atoms with Crippen LogP contribution in [0.25, 0.3) is 0 Å². The van der Waals surface area contributed by atoms with Crippen molar-refractivity contribution in [1.82, 2.24) is 9.88 Å². The Morgan fingerprint density at radius 2 is 2.08 bits per heavy atom. The van der Waals surface area contributed by atoms with E-state index in [1.54, 1.807) is 29.8 Å². The van der Waals surface area contributed by atoms with Gasteiger partial charge in [0.15, 0.2) is 16.6 Å². The van der Waals surface area contributed by atoms with Gasteiger partial charge in [-0.3, -0.25) is 14.6 Å². The number of ether oxygens (including phenoxy) is 2. The number of hydrogen-bond donors (Lipinski definition) is 1. The summed E-state index contributed by atoms with van der Waals surface area (Å²) < 4.78 is 10.6. The van der Waals surface area contributed by atoms with Crippen LogP contribution in [0.4, 0.5) is 15.6 Å².